The van der Waals surface area contributed by atoms with Crippen molar-refractivity contribution in [3.8, 4) is 0 Å². The summed E-state index contributed by atoms with van der Waals surface area (Å²) in [7, 11) is 0. The molecule has 92 valence electrons. The van der Waals surface area contributed by atoms with Crippen molar-refractivity contribution < 1.29 is 14.7 Å². The van der Waals surface area contributed by atoms with Crippen LogP contribution in [0.2, 0.25) is 0 Å². The number of carboxylic acid groups (broad SMARTS) is 1. The second-order valence-corrected chi connectivity index (χ2v) is 4.14. The van der Waals surface area contributed by atoms with Crippen LogP contribution in [0.4, 0.5) is 0 Å². The third kappa shape index (κ3) is 2.95. The Morgan fingerprint density at radius 2 is 2.06 bits per heavy atom. The zero-order valence-electron chi connectivity index (χ0n) is 9.90. The molecule has 1 fully saturated rings. The lowest BCUT2D eigenvalue weighted by Gasteiger charge is -2.33. The molecule has 16 heavy (non-hydrogen) atoms. The molecule has 1 saturated heterocycles. The molecule has 0 bridgehead atoms. The van der Waals surface area contributed by atoms with Crippen LogP contribution in [0.3, 0.4) is 0 Å². The number of nitrogens with zero attached hydrogens (tertiary/aromatic N) is 1. The van der Waals surface area contributed by atoms with E-state index in [1.54, 1.807) is 4.90 Å². The monoisotopic (exact) mass is 228 g/mol. The van der Waals surface area contributed by atoms with Gasteiger partial charge in [0.2, 0.25) is 5.91 Å². The summed E-state index contributed by atoms with van der Waals surface area (Å²) in [4.78, 5) is 24.5. The van der Waals surface area contributed by atoms with Crippen molar-refractivity contribution in [3.05, 3.63) is 0 Å². The molecule has 0 saturated carbocycles. The van der Waals surface area contributed by atoms with Gasteiger partial charge in [-0.1, -0.05) is 13.8 Å². The van der Waals surface area contributed by atoms with Crippen LogP contribution in [-0.4, -0.2) is 47.6 Å². The van der Waals surface area contributed by atoms with Crippen LogP contribution in [0, 0.1) is 5.92 Å². The summed E-state index contributed by atoms with van der Waals surface area (Å²) in [6.45, 7) is 5.43. The number of aliphatic carboxylic acids is 1. The number of hydrogen-bond acceptors (Lipinski definition) is 3. The van der Waals surface area contributed by atoms with Gasteiger partial charge in [-0.3, -0.25) is 9.59 Å². The quantitative estimate of drug-likeness (QED) is 0.726. The van der Waals surface area contributed by atoms with Gasteiger partial charge in [-0.2, -0.15) is 0 Å². The number of hydrogen-bond donors (Lipinski definition) is 2. The summed E-state index contributed by atoms with van der Waals surface area (Å²) in [5.41, 5.74) is 0. The second-order valence-electron chi connectivity index (χ2n) is 4.14. The van der Waals surface area contributed by atoms with Crippen LogP contribution in [0.15, 0.2) is 0 Å². The van der Waals surface area contributed by atoms with Crippen molar-refractivity contribution in [1.82, 2.24) is 10.2 Å². The predicted molar refractivity (Wildman–Crippen MR) is 60.1 cm³/mol. The zero-order chi connectivity index (χ0) is 12.1. The number of carboxylic acids is 1. The Balaban J connectivity index is 2.59. The molecule has 0 spiro atoms. The molecule has 1 aliphatic heterocycles. The molecule has 0 aromatic heterocycles. The smallest absolute Gasteiger partial charge is 0.322 e. The van der Waals surface area contributed by atoms with Crippen molar-refractivity contribution in [1.29, 1.82) is 0 Å². The number of nitrogens with one attached hydrogen (secondary N) is 1. The van der Waals surface area contributed by atoms with Gasteiger partial charge in [0.25, 0.3) is 0 Å². The van der Waals surface area contributed by atoms with Gasteiger partial charge in [0.15, 0.2) is 0 Å². The average molecular weight is 228 g/mol. The minimum atomic E-state index is -0.887. The van der Waals surface area contributed by atoms with E-state index in [0.717, 1.165) is 12.8 Å². The highest BCUT2D eigenvalue weighted by molar-refractivity contribution is 5.81. The first kappa shape index (κ1) is 13.0. The molecule has 0 radical (unpaired) electrons. The van der Waals surface area contributed by atoms with Crippen LogP contribution in [0.1, 0.15) is 26.7 Å². The number of rotatable bonds is 4. The van der Waals surface area contributed by atoms with E-state index < -0.39 is 12.0 Å². The SMILES string of the molecule is CCC(CC)C(=O)N1CCNC(C(=O)O)C1. The van der Waals surface area contributed by atoms with E-state index in [-0.39, 0.29) is 18.4 Å². The Morgan fingerprint density at radius 1 is 1.44 bits per heavy atom. The lowest BCUT2D eigenvalue weighted by atomic mass is 10.0. The van der Waals surface area contributed by atoms with E-state index in [1.165, 1.54) is 0 Å². The lowest BCUT2D eigenvalue weighted by Crippen LogP contribution is -2.56. The lowest BCUT2D eigenvalue weighted by molar-refractivity contribution is -0.144. The normalized spacial score (nSPS) is 21.2. The molecular formula is C11H20N2O3. The first-order valence-corrected chi connectivity index (χ1v) is 5.85. The minimum Gasteiger partial charge on any atom is -0.480 e. The molecule has 1 unspecified atom stereocenters. The Hall–Kier alpha value is -1.10. The van der Waals surface area contributed by atoms with Crippen LogP contribution < -0.4 is 5.32 Å². The molecule has 0 aromatic carbocycles. The highest BCUT2D eigenvalue weighted by Gasteiger charge is 2.29. The molecule has 1 heterocycles. The predicted octanol–water partition coefficient (Wildman–Crippen LogP) is 0.308. The fourth-order valence-electron chi connectivity index (χ4n) is 2.01. The molecule has 1 atom stereocenters. The number of carbonyl (C=O) groups is 2. The van der Waals surface area contributed by atoms with Crippen molar-refractivity contribution >= 4 is 11.9 Å². The zero-order valence-corrected chi connectivity index (χ0v) is 9.90. The standard InChI is InChI=1S/C11H20N2O3/c1-3-8(4-2)10(14)13-6-5-12-9(7-13)11(15)16/h8-9,12H,3-7H2,1-2H3,(H,15,16). The van der Waals surface area contributed by atoms with Crippen molar-refractivity contribution in [2.45, 2.75) is 32.7 Å². The third-order valence-corrected chi connectivity index (χ3v) is 3.12. The molecule has 1 aliphatic rings. The summed E-state index contributed by atoms with van der Waals surface area (Å²) in [5, 5.41) is 11.8. The maximum Gasteiger partial charge on any atom is 0.322 e. The number of piperazine rings is 1. The van der Waals surface area contributed by atoms with Crippen LogP contribution >= 0.6 is 0 Å². The van der Waals surface area contributed by atoms with Gasteiger partial charge in [0.1, 0.15) is 6.04 Å². The van der Waals surface area contributed by atoms with E-state index in [9.17, 15) is 9.59 Å². The van der Waals surface area contributed by atoms with Gasteiger partial charge in [0.05, 0.1) is 0 Å². The average Bonchev–Trinajstić information content (AvgIpc) is 2.30. The van der Waals surface area contributed by atoms with Gasteiger partial charge in [0, 0.05) is 25.6 Å². The van der Waals surface area contributed by atoms with Crippen molar-refractivity contribution in [2.75, 3.05) is 19.6 Å². The van der Waals surface area contributed by atoms with Gasteiger partial charge < -0.3 is 15.3 Å². The van der Waals surface area contributed by atoms with E-state index in [0.29, 0.717) is 13.1 Å². The van der Waals surface area contributed by atoms with Crippen LogP contribution in [0.5, 0.6) is 0 Å². The molecule has 2 N–H and O–H groups in total. The molecule has 0 aliphatic carbocycles. The maximum atomic E-state index is 12.0. The second kappa shape index (κ2) is 5.84. The summed E-state index contributed by atoms with van der Waals surface area (Å²) in [6.07, 6.45) is 1.63. The summed E-state index contributed by atoms with van der Waals surface area (Å²) in [5.74, 6) is -0.757. The maximum absolute atomic E-state index is 12.0. The molecule has 5 nitrogen and oxygen atoms in total. The summed E-state index contributed by atoms with van der Waals surface area (Å²) >= 11 is 0. The van der Waals surface area contributed by atoms with Gasteiger partial charge in [-0.25, -0.2) is 0 Å². The van der Waals surface area contributed by atoms with E-state index in [2.05, 4.69) is 5.32 Å². The Kier molecular flexibility index (Phi) is 4.73. The first-order chi connectivity index (χ1) is 7.60. The fraction of sp³-hybridized carbons (Fsp3) is 0.818. The van der Waals surface area contributed by atoms with E-state index in [4.69, 9.17) is 5.11 Å². The van der Waals surface area contributed by atoms with Gasteiger partial charge >= 0.3 is 5.97 Å². The molecule has 5 heteroatoms. The van der Waals surface area contributed by atoms with Crippen LogP contribution in [-0.2, 0) is 9.59 Å². The van der Waals surface area contributed by atoms with Gasteiger partial charge in [-0.15, -0.1) is 0 Å². The number of carbonyl (C=O) groups excluding carboxylic acids is 1. The van der Waals surface area contributed by atoms with E-state index in [1.807, 2.05) is 13.8 Å². The fourth-order valence-corrected chi connectivity index (χ4v) is 2.01. The Labute approximate surface area is 95.8 Å². The van der Waals surface area contributed by atoms with Crippen LogP contribution in [0.25, 0.3) is 0 Å². The summed E-state index contributed by atoms with van der Waals surface area (Å²) in [6, 6.07) is -0.618. The molecule has 0 aromatic rings. The highest BCUT2D eigenvalue weighted by Crippen LogP contribution is 2.13. The third-order valence-electron chi connectivity index (χ3n) is 3.12. The molecular weight excluding hydrogens is 208 g/mol. The Bertz CT molecular complexity index is 264. The topological polar surface area (TPSA) is 69.6 Å². The highest BCUT2D eigenvalue weighted by atomic mass is 16.4. The van der Waals surface area contributed by atoms with Gasteiger partial charge in [-0.05, 0) is 12.8 Å². The summed E-state index contributed by atoms with van der Waals surface area (Å²) < 4.78 is 0. The minimum absolute atomic E-state index is 0.0348. The van der Waals surface area contributed by atoms with Crippen molar-refractivity contribution in [2.24, 2.45) is 5.92 Å². The van der Waals surface area contributed by atoms with E-state index >= 15 is 0 Å². The van der Waals surface area contributed by atoms with Crippen molar-refractivity contribution in [3.63, 3.8) is 0 Å². The first-order valence-electron chi connectivity index (χ1n) is 5.85. The largest absolute Gasteiger partial charge is 0.480 e. The molecule has 1 rings (SSSR count). The molecule has 1 amide bonds. The number of amides is 1. The Morgan fingerprint density at radius 3 is 2.56 bits per heavy atom.